The average molecular weight is 449 g/mol. The van der Waals surface area contributed by atoms with Gasteiger partial charge in [0.25, 0.3) is 5.56 Å². The van der Waals surface area contributed by atoms with Gasteiger partial charge in [-0.1, -0.05) is 59.3 Å². The van der Waals surface area contributed by atoms with Crippen LogP contribution in [0.3, 0.4) is 0 Å². The molecule has 0 aliphatic heterocycles. The minimum atomic E-state index is -0.0805. The number of aromatic nitrogens is 2. The second kappa shape index (κ2) is 8.06. The maximum atomic E-state index is 13.0. The van der Waals surface area contributed by atoms with Gasteiger partial charge in [-0.05, 0) is 42.0 Å². The Balaban J connectivity index is 1.53. The standard InChI is InChI=1S/C24H17ClN2O3S/c1-29-20-11-10-15(12-21(20)30-14-16-6-2-3-7-17(16)25)13-22-23(28)27-19-9-5-4-8-18(19)26-24(27)31-22/h2-13H,14H2,1H3/b22-13-. The van der Waals surface area contributed by atoms with Crippen LogP contribution in [0.4, 0.5) is 0 Å². The van der Waals surface area contributed by atoms with E-state index in [0.717, 1.165) is 22.2 Å². The van der Waals surface area contributed by atoms with Crippen molar-refractivity contribution in [3.05, 3.63) is 97.8 Å². The third kappa shape index (κ3) is 3.65. The Morgan fingerprint density at radius 1 is 1.06 bits per heavy atom. The Hall–Kier alpha value is -3.35. The number of halogens is 1. The van der Waals surface area contributed by atoms with Gasteiger partial charge in [0, 0.05) is 10.6 Å². The van der Waals surface area contributed by atoms with E-state index in [2.05, 4.69) is 4.98 Å². The average Bonchev–Trinajstić information content (AvgIpc) is 3.29. The van der Waals surface area contributed by atoms with Crippen molar-refractivity contribution in [1.82, 2.24) is 9.38 Å². The van der Waals surface area contributed by atoms with E-state index in [4.69, 9.17) is 21.1 Å². The molecule has 0 aliphatic rings. The number of imidazole rings is 1. The molecule has 5 aromatic rings. The van der Waals surface area contributed by atoms with Crippen LogP contribution < -0.4 is 19.6 Å². The number of methoxy groups -OCH3 is 1. The summed E-state index contributed by atoms with van der Waals surface area (Å²) >= 11 is 7.60. The molecule has 31 heavy (non-hydrogen) atoms. The monoisotopic (exact) mass is 448 g/mol. The number of para-hydroxylation sites is 2. The Morgan fingerprint density at radius 2 is 1.87 bits per heavy atom. The first-order chi connectivity index (χ1) is 15.1. The number of ether oxygens (including phenoxy) is 2. The van der Waals surface area contributed by atoms with Crippen molar-refractivity contribution in [3.63, 3.8) is 0 Å². The van der Waals surface area contributed by atoms with Crippen molar-refractivity contribution >= 4 is 45.0 Å². The second-order valence-electron chi connectivity index (χ2n) is 6.92. The third-order valence-corrected chi connectivity index (χ3v) is 6.31. The second-order valence-corrected chi connectivity index (χ2v) is 8.34. The van der Waals surface area contributed by atoms with Gasteiger partial charge in [-0.25, -0.2) is 9.38 Å². The zero-order chi connectivity index (χ0) is 21.4. The number of hydrogen-bond acceptors (Lipinski definition) is 5. The summed E-state index contributed by atoms with van der Waals surface area (Å²) in [4.78, 5) is 18.2. The smallest absolute Gasteiger partial charge is 0.274 e. The van der Waals surface area contributed by atoms with Crippen LogP contribution in [0.5, 0.6) is 11.5 Å². The molecule has 0 bridgehead atoms. The zero-order valence-corrected chi connectivity index (χ0v) is 18.1. The molecule has 5 rings (SSSR count). The van der Waals surface area contributed by atoms with Crippen LogP contribution in [0, 0.1) is 0 Å². The molecule has 5 nitrogen and oxygen atoms in total. The predicted molar refractivity (Wildman–Crippen MR) is 124 cm³/mol. The molecule has 0 aliphatic carbocycles. The Bertz CT molecular complexity index is 1520. The molecule has 0 amide bonds. The maximum Gasteiger partial charge on any atom is 0.274 e. The molecule has 0 saturated heterocycles. The van der Waals surface area contributed by atoms with E-state index < -0.39 is 0 Å². The van der Waals surface area contributed by atoms with Crippen LogP contribution in [0.1, 0.15) is 11.1 Å². The SMILES string of the molecule is COc1ccc(/C=c2\sc3nc4ccccc4n3c2=O)cc1OCc1ccccc1Cl. The molecule has 2 heterocycles. The third-order valence-electron chi connectivity index (χ3n) is 4.97. The predicted octanol–water partition coefficient (Wildman–Crippen LogP) is 4.70. The van der Waals surface area contributed by atoms with Gasteiger partial charge < -0.3 is 9.47 Å². The lowest BCUT2D eigenvalue weighted by Crippen LogP contribution is -2.22. The number of fused-ring (bicyclic) bond motifs is 3. The Labute approximate surface area is 186 Å². The largest absolute Gasteiger partial charge is 0.493 e. The van der Waals surface area contributed by atoms with E-state index in [1.165, 1.54) is 11.3 Å². The molecule has 0 saturated carbocycles. The summed E-state index contributed by atoms with van der Waals surface area (Å²) in [5.41, 5.74) is 3.27. The number of hydrogen-bond donors (Lipinski definition) is 0. The van der Waals surface area contributed by atoms with Crippen LogP contribution >= 0.6 is 22.9 Å². The lowest BCUT2D eigenvalue weighted by Gasteiger charge is -2.12. The first kappa shape index (κ1) is 19.6. The van der Waals surface area contributed by atoms with Crippen molar-refractivity contribution < 1.29 is 9.47 Å². The van der Waals surface area contributed by atoms with Gasteiger partial charge in [0.1, 0.15) is 6.61 Å². The lowest BCUT2D eigenvalue weighted by molar-refractivity contribution is 0.284. The molecule has 0 radical (unpaired) electrons. The van der Waals surface area contributed by atoms with E-state index in [1.54, 1.807) is 11.5 Å². The van der Waals surface area contributed by atoms with E-state index in [9.17, 15) is 4.79 Å². The molecule has 2 aromatic heterocycles. The number of rotatable bonds is 5. The molecular formula is C24H17ClN2O3S. The summed E-state index contributed by atoms with van der Waals surface area (Å²) in [7, 11) is 1.59. The number of benzene rings is 3. The van der Waals surface area contributed by atoms with Gasteiger partial charge in [-0.3, -0.25) is 4.79 Å². The van der Waals surface area contributed by atoms with Crippen LogP contribution in [0.25, 0.3) is 22.1 Å². The van der Waals surface area contributed by atoms with Crippen LogP contribution in [-0.4, -0.2) is 16.5 Å². The first-order valence-electron chi connectivity index (χ1n) is 9.60. The Morgan fingerprint density at radius 3 is 2.71 bits per heavy atom. The van der Waals surface area contributed by atoms with Crippen molar-refractivity contribution in [2.24, 2.45) is 0 Å². The van der Waals surface area contributed by atoms with Gasteiger partial charge in [-0.2, -0.15) is 0 Å². The van der Waals surface area contributed by atoms with Crippen molar-refractivity contribution in [2.75, 3.05) is 7.11 Å². The topological polar surface area (TPSA) is 52.8 Å². The molecule has 0 N–H and O–H groups in total. The van der Waals surface area contributed by atoms with Crippen molar-refractivity contribution in [2.45, 2.75) is 6.61 Å². The molecule has 154 valence electrons. The first-order valence-corrected chi connectivity index (χ1v) is 10.8. The van der Waals surface area contributed by atoms with Crippen LogP contribution in [-0.2, 0) is 6.61 Å². The summed E-state index contributed by atoms with van der Waals surface area (Å²) in [5, 5.41) is 0.648. The fraction of sp³-hybridized carbons (Fsp3) is 0.0833. The van der Waals surface area contributed by atoms with Crippen molar-refractivity contribution in [3.8, 4) is 11.5 Å². The minimum absolute atomic E-state index is 0.0805. The highest BCUT2D eigenvalue weighted by atomic mass is 35.5. The quantitative estimate of drug-likeness (QED) is 0.391. The summed E-state index contributed by atoms with van der Waals surface area (Å²) in [6, 6.07) is 20.7. The fourth-order valence-electron chi connectivity index (χ4n) is 3.43. The highest BCUT2D eigenvalue weighted by Crippen LogP contribution is 2.30. The van der Waals surface area contributed by atoms with Crippen LogP contribution in [0.2, 0.25) is 5.02 Å². The highest BCUT2D eigenvalue weighted by Gasteiger charge is 2.11. The highest BCUT2D eigenvalue weighted by molar-refractivity contribution is 7.15. The van der Waals surface area contributed by atoms with E-state index in [0.29, 0.717) is 32.6 Å². The molecule has 0 spiro atoms. The molecule has 0 fully saturated rings. The molecule has 0 atom stereocenters. The van der Waals surface area contributed by atoms with Crippen molar-refractivity contribution in [1.29, 1.82) is 0 Å². The fourth-order valence-corrected chi connectivity index (χ4v) is 4.61. The summed E-state index contributed by atoms with van der Waals surface area (Å²) in [5.74, 6) is 1.19. The number of nitrogens with zero attached hydrogens (tertiary/aromatic N) is 2. The maximum absolute atomic E-state index is 13.0. The minimum Gasteiger partial charge on any atom is -0.493 e. The summed E-state index contributed by atoms with van der Waals surface area (Å²) in [6.07, 6.45) is 1.85. The lowest BCUT2D eigenvalue weighted by atomic mass is 10.2. The zero-order valence-electron chi connectivity index (χ0n) is 16.5. The molecule has 3 aromatic carbocycles. The van der Waals surface area contributed by atoms with E-state index in [1.807, 2.05) is 72.8 Å². The summed E-state index contributed by atoms with van der Waals surface area (Å²) in [6.45, 7) is 0.311. The van der Waals surface area contributed by atoms with Gasteiger partial charge in [0.15, 0.2) is 16.5 Å². The number of thiazole rings is 1. The summed E-state index contributed by atoms with van der Waals surface area (Å²) < 4.78 is 13.7. The van der Waals surface area contributed by atoms with Gasteiger partial charge in [0.05, 0.1) is 22.7 Å². The van der Waals surface area contributed by atoms with E-state index in [-0.39, 0.29) is 5.56 Å². The normalized spacial score (nSPS) is 12.0. The van der Waals surface area contributed by atoms with Gasteiger partial charge in [0.2, 0.25) is 0 Å². The molecule has 7 heteroatoms. The van der Waals surface area contributed by atoms with Gasteiger partial charge >= 0.3 is 0 Å². The Kier molecular flexibility index (Phi) is 5.10. The van der Waals surface area contributed by atoms with E-state index >= 15 is 0 Å². The van der Waals surface area contributed by atoms with Crippen LogP contribution in [0.15, 0.2) is 71.5 Å². The molecular weight excluding hydrogens is 432 g/mol. The van der Waals surface area contributed by atoms with Gasteiger partial charge in [-0.15, -0.1) is 0 Å². The molecule has 0 unspecified atom stereocenters.